The molecule has 0 aromatic rings. The molecule has 0 aromatic heterocycles. The molecule has 4 heteroatoms. The van der Waals surface area contributed by atoms with Crippen molar-refractivity contribution in [2.75, 3.05) is 0 Å². The Balaban J connectivity index is 0. The lowest BCUT2D eigenvalue weighted by Gasteiger charge is -2.39. The van der Waals surface area contributed by atoms with Gasteiger partial charge in [0.2, 0.25) is 0 Å². The van der Waals surface area contributed by atoms with E-state index in [-0.39, 0.29) is 17.3 Å². The largest absolute Gasteiger partial charge is 0.410 e. The lowest BCUT2D eigenvalue weighted by Crippen LogP contribution is -2.44. The number of rotatable bonds is 6. The molecule has 0 aliphatic heterocycles. The molecule has 0 spiro atoms. The van der Waals surface area contributed by atoms with E-state index in [0.29, 0.717) is 0 Å². The summed E-state index contributed by atoms with van der Waals surface area (Å²) in [7, 11) is -1.70. The third-order valence-corrected chi connectivity index (χ3v) is 8.93. The van der Waals surface area contributed by atoms with Crippen molar-refractivity contribution in [3.63, 3.8) is 0 Å². The zero-order chi connectivity index (χ0) is 18.0. The molecule has 0 bridgehead atoms. The molecule has 3 nitrogen and oxygen atoms in total. The molecular formula is C18H34O3Si. The molecule has 0 rings (SSSR count). The van der Waals surface area contributed by atoms with E-state index in [1.54, 1.807) is 0 Å². The molecule has 0 saturated carbocycles. The summed E-state index contributed by atoms with van der Waals surface area (Å²) in [5, 5.41) is 0.267. The van der Waals surface area contributed by atoms with Crippen LogP contribution in [-0.2, 0) is 14.0 Å². The highest BCUT2D eigenvalue weighted by atomic mass is 28.4. The fourth-order valence-corrected chi connectivity index (χ4v) is 2.84. The summed E-state index contributed by atoms with van der Waals surface area (Å²) < 4.78 is 6.58. The number of carbonyl (C=O) groups excluding carboxylic acids is 2. The van der Waals surface area contributed by atoms with E-state index < -0.39 is 8.32 Å². The van der Waals surface area contributed by atoms with Crippen LogP contribution in [0.5, 0.6) is 0 Å². The van der Waals surface area contributed by atoms with Crippen molar-refractivity contribution in [3.8, 4) is 0 Å². The van der Waals surface area contributed by atoms with Gasteiger partial charge in [0.05, 0.1) is 6.10 Å². The molecular weight excluding hydrogens is 292 g/mol. The topological polar surface area (TPSA) is 43.4 Å². The predicted octanol–water partition coefficient (Wildman–Crippen LogP) is 5.51. The maximum Gasteiger partial charge on any atom is 0.373 e. The van der Waals surface area contributed by atoms with Gasteiger partial charge in [0.1, 0.15) is 0 Å². The van der Waals surface area contributed by atoms with Crippen LogP contribution in [0.25, 0.3) is 0 Å². The minimum atomic E-state index is -1.70. The monoisotopic (exact) mass is 326 g/mol. The Kier molecular flexibility index (Phi) is 11.3. The van der Waals surface area contributed by atoms with Crippen LogP contribution in [0.2, 0.25) is 18.1 Å². The summed E-state index contributed by atoms with van der Waals surface area (Å²) in [6.07, 6.45) is 7.15. The minimum Gasteiger partial charge on any atom is -0.410 e. The summed E-state index contributed by atoms with van der Waals surface area (Å²) in [6.45, 7) is 20.3. The van der Waals surface area contributed by atoms with Gasteiger partial charge in [-0.3, -0.25) is 0 Å². The average Bonchev–Trinajstić information content (AvgIpc) is 2.41. The van der Waals surface area contributed by atoms with E-state index in [1.165, 1.54) is 11.1 Å². The van der Waals surface area contributed by atoms with Gasteiger partial charge >= 0.3 is 6.15 Å². The average molecular weight is 327 g/mol. The van der Waals surface area contributed by atoms with Crippen LogP contribution in [0.4, 0.5) is 0 Å². The molecule has 0 heterocycles. The molecule has 0 radical (unpaired) electrons. The second-order valence-corrected chi connectivity index (χ2v) is 11.9. The Morgan fingerprint density at radius 3 is 2.00 bits per heavy atom. The SMILES string of the molecule is C/C=C(/C)[C@@H](C/C=C(\C)CC)O[Si](C)(C)C(C)(C)C.O=C=O. The summed E-state index contributed by atoms with van der Waals surface area (Å²) in [5.41, 5.74) is 2.80. The third kappa shape index (κ3) is 9.14. The van der Waals surface area contributed by atoms with E-state index in [9.17, 15) is 0 Å². The van der Waals surface area contributed by atoms with Crippen LogP contribution in [0, 0.1) is 0 Å². The first-order valence-corrected chi connectivity index (χ1v) is 10.8. The fourth-order valence-electron chi connectivity index (χ4n) is 1.50. The lowest BCUT2D eigenvalue weighted by molar-refractivity contribution is -0.191. The third-order valence-electron chi connectivity index (χ3n) is 4.44. The molecule has 0 unspecified atom stereocenters. The molecule has 0 fully saturated rings. The summed E-state index contributed by atoms with van der Waals surface area (Å²) in [6, 6.07) is 0. The number of hydrogen-bond donors (Lipinski definition) is 0. The molecule has 0 N–H and O–H groups in total. The molecule has 0 aliphatic rings. The number of hydrogen-bond acceptors (Lipinski definition) is 3. The van der Waals surface area contributed by atoms with Gasteiger partial charge in [-0.15, -0.1) is 0 Å². The molecule has 128 valence electrons. The second kappa shape index (κ2) is 10.7. The van der Waals surface area contributed by atoms with Gasteiger partial charge in [-0.25, -0.2) is 0 Å². The van der Waals surface area contributed by atoms with E-state index in [1.807, 2.05) is 0 Å². The second-order valence-electron chi connectivity index (χ2n) is 7.12. The van der Waals surface area contributed by atoms with E-state index >= 15 is 0 Å². The van der Waals surface area contributed by atoms with Gasteiger partial charge in [0, 0.05) is 0 Å². The first kappa shape index (κ1) is 23.3. The van der Waals surface area contributed by atoms with Crippen LogP contribution in [0.1, 0.15) is 61.3 Å². The van der Waals surface area contributed by atoms with Crippen LogP contribution < -0.4 is 0 Å². The molecule has 0 aliphatic carbocycles. The van der Waals surface area contributed by atoms with E-state index in [0.717, 1.165) is 12.8 Å². The summed E-state index contributed by atoms with van der Waals surface area (Å²) in [4.78, 5) is 16.2. The zero-order valence-corrected chi connectivity index (χ0v) is 16.9. The van der Waals surface area contributed by atoms with Crippen molar-refractivity contribution >= 4 is 14.5 Å². The Hall–Kier alpha value is -0.963. The minimum absolute atomic E-state index is 0.243. The summed E-state index contributed by atoms with van der Waals surface area (Å²) >= 11 is 0. The molecule has 0 saturated heterocycles. The normalized spacial score (nSPS) is 14.8. The van der Waals surface area contributed by atoms with Gasteiger partial charge in [0.15, 0.2) is 8.32 Å². The maximum absolute atomic E-state index is 8.12. The highest BCUT2D eigenvalue weighted by Gasteiger charge is 2.39. The van der Waals surface area contributed by atoms with Crippen molar-refractivity contribution in [1.29, 1.82) is 0 Å². The van der Waals surface area contributed by atoms with Crippen molar-refractivity contribution in [3.05, 3.63) is 23.3 Å². The highest BCUT2D eigenvalue weighted by molar-refractivity contribution is 6.74. The van der Waals surface area contributed by atoms with Gasteiger partial charge in [-0.1, -0.05) is 45.4 Å². The molecule has 1 atom stereocenters. The fraction of sp³-hybridized carbons (Fsp3) is 0.722. The van der Waals surface area contributed by atoms with Gasteiger partial charge in [-0.05, 0) is 57.3 Å². The molecule has 22 heavy (non-hydrogen) atoms. The van der Waals surface area contributed by atoms with Gasteiger partial charge in [-0.2, -0.15) is 9.59 Å². The maximum atomic E-state index is 8.12. The van der Waals surface area contributed by atoms with Gasteiger partial charge < -0.3 is 4.43 Å². The van der Waals surface area contributed by atoms with Gasteiger partial charge in [0.25, 0.3) is 0 Å². The van der Waals surface area contributed by atoms with E-state index in [4.69, 9.17) is 14.0 Å². The Bertz CT molecular complexity index is 409. The Morgan fingerprint density at radius 2 is 1.68 bits per heavy atom. The summed E-state index contributed by atoms with van der Waals surface area (Å²) in [5.74, 6) is 0. The molecule has 0 amide bonds. The van der Waals surface area contributed by atoms with Crippen LogP contribution in [0.3, 0.4) is 0 Å². The number of allylic oxidation sites excluding steroid dienone is 2. The quantitative estimate of drug-likeness (QED) is 0.478. The Labute approximate surface area is 138 Å². The smallest absolute Gasteiger partial charge is 0.373 e. The van der Waals surface area contributed by atoms with Crippen LogP contribution >= 0.6 is 0 Å². The predicted molar refractivity (Wildman–Crippen MR) is 95.2 cm³/mol. The van der Waals surface area contributed by atoms with Crippen molar-refractivity contribution in [2.24, 2.45) is 0 Å². The zero-order valence-electron chi connectivity index (χ0n) is 15.9. The van der Waals surface area contributed by atoms with Crippen molar-refractivity contribution in [1.82, 2.24) is 0 Å². The lowest BCUT2D eigenvalue weighted by atomic mass is 10.1. The van der Waals surface area contributed by atoms with Crippen molar-refractivity contribution < 1.29 is 14.0 Å². The molecule has 0 aromatic carbocycles. The highest BCUT2D eigenvalue weighted by Crippen LogP contribution is 2.38. The van der Waals surface area contributed by atoms with E-state index in [2.05, 4.69) is 73.7 Å². The van der Waals surface area contributed by atoms with Crippen molar-refractivity contribution in [2.45, 2.75) is 85.5 Å². The standard InChI is InChI=1S/C17H34OSi.CO2/c1-10-14(3)12-13-16(15(4)11-2)18-19(8,9)17(5,6)7;2-1-3/h11-12,16H,10,13H2,1-9H3;/b14-12+,15-11-;/t16-;/m1./s1. The Morgan fingerprint density at radius 1 is 1.23 bits per heavy atom. The van der Waals surface area contributed by atoms with Crippen LogP contribution in [0.15, 0.2) is 23.3 Å². The first-order chi connectivity index (χ1) is 9.96. The first-order valence-electron chi connectivity index (χ1n) is 7.92. The van der Waals surface area contributed by atoms with Crippen LogP contribution in [-0.4, -0.2) is 20.6 Å².